The predicted molar refractivity (Wildman–Crippen MR) is 88.9 cm³/mol. The third kappa shape index (κ3) is 2.82. The Kier molecular flexibility index (Phi) is 3.85. The molecular formula is C17H15NO2S2. The predicted octanol–water partition coefficient (Wildman–Crippen LogP) is 4.26. The molecule has 1 heterocycles. The van der Waals surface area contributed by atoms with E-state index >= 15 is 0 Å². The van der Waals surface area contributed by atoms with E-state index in [1.165, 1.54) is 11.3 Å². The van der Waals surface area contributed by atoms with Crippen LogP contribution in [0.25, 0.3) is 10.6 Å². The molecule has 0 N–H and O–H groups in total. The third-order valence-electron chi connectivity index (χ3n) is 3.39. The third-order valence-corrected chi connectivity index (χ3v) is 6.08. The van der Waals surface area contributed by atoms with E-state index in [4.69, 9.17) is 0 Å². The molecule has 0 spiro atoms. The van der Waals surface area contributed by atoms with Gasteiger partial charge in [-0.15, -0.1) is 11.3 Å². The Balaban J connectivity index is 1.99. The number of aryl methyl sites for hydroxylation is 2. The van der Waals surface area contributed by atoms with Crippen LogP contribution in [0.1, 0.15) is 11.1 Å². The monoisotopic (exact) mass is 329 g/mol. The summed E-state index contributed by atoms with van der Waals surface area (Å²) in [7, 11) is -3.55. The summed E-state index contributed by atoms with van der Waals surface area (Å²) in [6, 6.07) is 14.7. The fourth-order valence-electron chi connectivity index (χ4n) is 2.05. The Morgan fingerprint density at radius 1 is 0.864 bits per heavy atom. The zero-order chi connectivity index (χ0) is 15.7. The maximum atomic E-state index is 12.6. The van der Waals surface area contributed by atoms with Crippen LogP contribution in [0, 0.1) is 13.8 Å². The fraction of sp³-hybridized carbons (Fsp3) is 0.118. The maximum Gasteiger partial charge on any atom is 0.224 e. The molecule has 0 bridgehead atoms. The molecule has 0 fully saturated rings. The van der Waals surface area contributed by atoms with E-state index in [-0.39, 0.29) is 9.92 Å². The lowest BCUT2D eigenvalue weighted by Gasteiger charge is -2.01. The van der Waals surface area contributed by atoms with Crippen LogP contribution in [0.3, 0.4) is 0 Å². The van der Waals surface area contributed by atoms with E-state index in [2.05, 4.69) is 4.98 Å². The normalized spacial score (nSPS) is 11.5. The van der Waals surface area contributed by atoms with Crippen LogP contribution in [-0.4, -0.2) is 13.4 Å². The minimum atomic E-state index is -3.55. The van der Waals surface area contributed by atoms with Crippen molar-refractivity contribution < 1.29 is 8.42 Å². The van der Waals surface area contributed by atoms with Gasteiger partial charge in [-0.2, -0.15) is 0 Å². The van der Waals surface area contributed by atoms with Crippen LogP contribution in [0.2, 0.25) is 0 Å². The summed E-state index contributed by atoms with van der Waals surface area (Å²) < 4.78 is 25.2. The van der Waals surface area contributed by atoms with Gasteiger partial charge in [0.15, 0.2) is 5.03 Å². The highest BCUT2D eigenvalue weighted by Crippen LogP contribution is 2.28. The molecule has 0 saturated heterocycles. The minimum absolute atomic E-state index is 0.108. The second-order valence-electron chi connectivity index (χ2n) is 5.17. The molecule has 0 aliphatic heterocycles. The molecule has 3 nitrogen and oxygen atoms in total. The Hall–Kier alpha value is -1.98. The Labute approximate surface area is 134 Å². The molecule has 3 rings (SSSR count). The van der Waals surface area contributed by atoms with Crippen molar-refractivity contribution in [1.82, 2.24) is 4.98 Å². The first-order valence-corrected chi connectivity index (χ1v) is 9.17. The molecule has 2 aromatic carbocycles. The molecule has 3 aromatic rings. The lowest BCUT2D eigenvalue weighted by molar-refractivity contribution is 0.593. The largest absolute Gasteiger partial charge is 0.224 e. The van der Waals surface area contributed by atoms with E-state index < -0.39 is 9.84 Å². The van der Waals surface area contributed by atoms with Gasteiger partial charge in [0.2, 0.25) is 9.84 Å². The van der Waals surface area contributed by atoms with E-state index in [1.54, 1.807) is 29.6 Å². The van der Waals surface area contributed by atoms with Gasteiger partial charge in [0.1, 0.15) is 5.01 Å². The van der Waals surface area contributed by atoms with E-state index in [0.717, 1.165) is 16.7 Å². The summed E-state index contributed by atoms with van der Waals surface area (Å²) >= 11 is 1.34. The lowest BCUT2D eigenvalue weighted by atomic mass is 10.2. The maximum absolute atomic E-state index is 12.6. The molecule has 112 valence electrons. The SMILES string of the molecule is Cc1ccc(-c2nc(S(=O)(=O)c3ccc(C)cc3)cs2)cc1. The molecule has 0 aliphatic carbocycles. The van der Waals surface area contributed by atoms with Crippen LogP contribution in [0.4, 0.5) is 0 Å². The van der Waals surface area contributed by atoms with Gasteiger partial charge in [0.05, 0.1) is 4.90 Å². The number of aromatic nitrogens is 1. The average molecular weight is 329 g/mol. The molecule has 0 unspecified atom stereocenters. The molecule has 0 aliphatic rings. The Bertz CT molecular complexity index is 893. The standard InChI is InChI=1S/C17H15NO2S2/c1-12-3-7-14(8-4-12)17-18-16(11-21-17)22(19,20)15-9-5-13(2)6-10-15/h3-11H,1-2H3. The smallest absolute Gasteiger partial charge is 0.224 e. The highest BCUT2D eigenvalue weighted by molar-refractivity contribution is 7.91. The van der Waals surface area contributed by atoms with Crippen molar-refractivity contribution in [3.8, 4) is 10.6 Å². The first kappa shape index (κ1) is 14.9. The minimum Gasteiger partial charge on any atom is -0.224 e. The first-order chi connectivity index (χ1) is 10.5. The van der Waals surface area contributed by atoms with Crippen molar-refractivity contribution >= 4 is 21.2 Å². The van der Waals surface area contributed by atoms with Gasteiger partial charge in [-0.1, -0.05) is 47.5 Å². The zero-order valence-corrected chi connectivity index (χ0v) is 13.9. The quantitative estimate of drug-likeness (QED) is 0.721. The van der Waals surface area contributed by atoms with Gasteiger partial charge in [-0.25, -0.2) is 13.4 Å². The molecule has 22 heavy (non-hydrogen) atoms. The first-order valence-electron chi connectivity index (χ1n) is 6.81. The second-order valence-corrected chi connectivity index (χ2v) is 7.93. The number of thiazole rings is 1. The molecule has 1 aromatic heterocycles. The summed E-state index contributed by atoms with van der Waals surface area (Å²) in [6.07, 6.45) is 0. The summed E-state index contributed by atoms with van der Waals surface area (Å²) in [5.74, 6) is 0. The fourth-order valence-corrected chi connectivity index (χ4v) is 4.39. The number of hydrogen-bond acceptors (Lipinski definition) is 4. The van der Waals surface area contributed by atoms with Gasteiger partial charge in [0, 0.05) is 10.9 Å². The topological polar surface area (TPSA) is 47.0 Å². The zero-order valence-electron chi connectivity index (χ0n) is 12.3. The van der Waals surface area contributed by atoms with Gasteiger partial charge in [-0.05, 0) is 26.0 Å². The molecule has 0 amide bonds. The highest BCUT2D eigenvalue weighted by atomic mass is 32.2. The number of sulfone groups is 1. The summed E-state index contributed by atoms with van der Waals surface area (Å²) in [6.45, 7) is 3.94. The van der Waals surface area contributed by atoms with Crippen molar-refractivity contribution in [2.75, 3.05) is 0 Å². The van der Waals surface area contributed by atoms with Crippen LogP contribution in [0.15, 0.2) is 63.8 Å². The Morgan fingerprint density at radius 2 is 1.41 bits per heavy atom. The van der Waals surface area contributed by atoms with Crippen molar-refractivity contribution in [2.24, 2.45) is 0 Å². The van der Waals surface area contributed by atoms with Crippen molar-refractivity contribution in [2.45, 2.75) is 23.8 Å². The number of rotatable bonds is 3. The van der Waals surface area contributed by atoms with Gasteiger partial charge in [0.25, 0.3) is 0 Å². The van der Waals surface area contributed by atoms with Gasteiger partial charge >= 0.3 is 0 Å². The summed E-state index contributed by atoms with van der Waals surface area (Å²) in [5, 5.41) is 2.42. The number of nitrogens with zero attached hydrogens (tertiary/aromatic N) is 1. The molecule has 0 radical (unpaired) electrons. The van der Waals surface area contributed by atoms with Crippen molar-refractivity contribution in [3.63, 3.8) is 0 Å². The highest BCUT2D eigenvalue weighted by Gasteiger charge is 2.21. The lowest BCUT2D eigenvalue weighted by Crippen LogP contribution is -2.02. The summed E-state index contributed by atoms with van der Waals surface area (Å²) in [5.41, 5.74) is 3.12. The van der Waals surface area contributed by atoms with Crippen molar-refractivity contribution in [3.05, 3.63) is 65.0 Å². The average Bonchev–Trinajstić information content (AvgIpc) is 2.99. The van der Waals surface area contributed by atoms with Crippen molar-refractivity contribution in [1.29, 1.82) is 0 Å². The van der Waals surface area contributed by atoms with Crippen LogP contribution in [0.5, 0.6) is 0 Å². The molecule has 0 atom stereocenters. The molecular weight excluding hydrogens is 314 g/mol. The molecule has 5 heteroatoms. The van der Waals surface area contributed by atoms with E-state index in [1.807, 2.05) is 38.1 Å². The van der Waals surface area contributed by atoms with Gasteiger partial charge < -0.3 is 0 Å². The van der Waals surface area contributed by atoms with Gasteiger partial charge in [-0.3, -0.25) is 0 Å². The Morgan fingerprint density at radius 3 is 2.00 bits per heavy atom. The number of benzene rings is 2. The molecule has 0 saturated carbocycles. The number of hydrogen-bond donors (Lipinski definition) is 0. The van der Waals surface area contributed by atoms with E-state index in [0.29, 0.717) is 5.01 Å². The van der Waals surface area contributed by atoms with Crippen LogP contribution in [-0.2, 0) is 9.84 Å². The van der Waals surface area contributed by atoms with Crippen LogP contribution < -0.4 is 0 Å². The summed E-state index contributed by atoms with van der Waals surface area (Å²) in [4.78, 5) is 4.59. The van der Waals surface area contributed by atoms with E-state index in [9.17, 15) is 8.42 Å². The van der Waals surface area contributed by atoms with Crippen LogP contribution >= 0.6 is 11.3 Å². The second kappa shape index (κ2) is 5.66.